The SMILES string of the molecule is CCN(CC)CCOCCNC(=O)CN1C(=O)c2ccccc2C1=O. The molecule has 7 nitrogen and oxygen atoms in total. The fraction of sp³-hybridized carbons (Fsp3) is 0.500. The smallest absolute Gasteiger partial charge is 0.262 e. The molecule has 2 rings (SSSR count). The Balaban J connectivity index is 1.68. The van der Waals surface area contributed by atoms with E-state index >= 15 is 0 Å². The third kappa shape index (κ3) is 4.87. The van der Waals surface area contributed by atoms with Crippen LogP contribution in [0.25, 0.3) is 0 Å². The molecule has 25 heavy (non-hydrogen) atoms. The fourth-order valence-electron chi connectivity index (χ4n) is 2.68. The number of nitrogens with one attached hydrogen (secondary N) is 1. The van der Waals surface area contributed by atoms with Gasteiger partial charge in [-0.1, -0.05) is 26.0 Å². The Hall–Kier alpha value is -2.25. The van der Waals surface area contributed by atoms with Crippen LogP contribution in [0.4, 0.5) is 0 Å². The predicted octanol–water partition coefficient (Wildman–Crippen LogP) is 0.757. The van der Waals surface area contributed by atoms with E-state index in [2.05, 4.69) is 24.1 Å². The number of hydrogen-bond acceptors (Lipinski definition) is 5. The second kappa shape index (κ2) is 9.29. The van der Waals surface area contributed by atoms with Crippen molar-refractivity contribution in [2.75, 3.05) is 45.9 Å². The zero-order valence-electron chi connectivity index (χ0n) is 14.8. The molecular weight excluding hydrogens is 322 g/mol. The number of likely N-dealkylation sites (N-methyl/N-ethyl adjacent to an activating group) is 1. The van der Waals surface area contributed by atoms with Gasteiger partial charge in [0.05, 0.1) is 24.3 Å². The maximum atomic E-state index is 12.2. The lowest BCUT2D eigenvalue weighted by molar-refractivity contribution is -0.121. The fourth-order valence-corrected chi connectivity index (χ4v) is 2.68. The van der Waals surface area contributed by atoms with Gasteiger partial charge >= 0.3 is 0 Å². The summed E-state index contributed by atoms with van der Waals surface area (Å²) in [5, 5.41) is 2.67. The largest absolute Gasteiger partial charge is 0.378 e. The first kappa shape index (κ1) is 19.1. The number of hydrogen-bond donors (Lipinski definition) is 1. The number of imide groups is 1. The Bertz CT molecular complexity index is 594. The highest BCUT2D eigenvalue weighted by molar-refractivity contribution is 6.22. The van der Waals surface area contributed by atoms with Crippen LogP contribution in [-0.2, 0) is 9.53 Å². The van der Waals surface area contributed by atoms with E-state index in [0.29, 0.717) is 30.9 Å². The molecule has 1 heterocycles. The summed E-state index contributed by atoms with van der Waals surface area (Å²) in [4.78, 5) is 39.5. The highest BCUT2D eigenvalue weighted by atomic mass is 16.5. The summed E-state index contributed by atoms with van der Waals surface area (Å²) in [7, 11) is 0. The van der Waals surface area contributed by atoms with Crippen LogP contribution in [0.3, 0.4) is 0 Å². The van der Waals surface area contributed by atoms with E-state index in [-0.39, 0.29) is 12.5 Å². The summed E-state index contributed by atoms with van der Waals surface area (Å²) < 4.78 is 5.48. The molecule has 0 aromatic heterocycles. The summed E-state index contributed by atoms with van der Waals surface area (Å²) in [6, 6.07) is 6.58. The maximum absolute atomic E-state index is 12.2. The minimum atomic E-state index is -0.425. The highest BCUT2D eigenvalue weighted by Crippen LogP contribution is 2.21. The minimum absolute atomic E-state index is 0.272. The second-order valence-corrected chi connectivity index (χ2v) is 5.73. The van der Waals surface area contributed by atoms with Crippen LogP contribution in [-0.4, -0.2) is 73.5 Å². The second-order valence-electron chi connectivity index (χ2n) is 5.73. The van der Waals surface area contributed by atoms with Crippen molar-refractivity contribution in [2.45, 2.75) is 13.8 Å². The van der Waals surface area contributed by atoms with Crippen molar-refractivity contribution in [3.8, 4) is 0 Å². The summed E-state index contributed by atoms with van der Waals surface area (Å²) in [5.74, 6) is -1.22. The lowest BCUT2D eigenvalue weighted by Gasteiger charge is -2.17. The number of ether oxygens (including phenoxy) is 1. The molecule has 0 saturated carbocycles. The van der Waals surface area contributed by atoms with E-state index in [0.717, 1.165) is 24.5 Å². The number of carbonyl (C=O) groups is 3. The van der Waals surface area contributed by atoms with Gasteiger partial charge in [-0.2, -0.15) is 0 Å². The summed E-state index contributed by atoms with van der Waals surface area (Å²) in [6.07, 6.45) is 0. The van der Waals surface area contributed by atoms with Gasteiger partial charge in [-0.3, -0.25) is 19.3 Å². The summed E-state index contributed by atoms with van der Waals surface area (Å²) in [6.45, 7) is 8.10. The van der Waals surface area contributed by atoms with Gasteiger partial charge in [0.1, 0.15) is 6.54 Å². The van der Waals surface area contributed by atoms with Crippen molar-refractivity contribution in [3.63, 3.8) is 0 Å². The molecule has 0 spiro atoms. The van der Waals surface area contributed by atoms with Crippen LogP contribution in [0.1, 0.15) is 34.6 Å². The average molecular weight is 347 g/mol. The summed E-state index contributed by atoms with van der Waals surface area (Å²) in [5.41, 5.74) is 0.695. The Morgan fingerprint density at radius 1 is 1.08 bits per heavy atom. The molecule has 136 valence electrons. The van der Waals surface area contributed by atoms with Crippen LogP contribution in [0.5, 0.6) is 0 Å². The zero-order chi connectivity index (χ0) is 18.2. The molecule has 0 bridgehead atoms. The lowest BCUT2D eigenvalue weighted by atomic mass is 10.1. The topological polar surface area (TPSA) is 79.0 Å². The first-order valence-electron chi connectivity index (χ1n) is 8.60. The lowest BCUT2D eigenvalue weighted by Crippen LogP contribution is -2.41. The Morgan fingerprint density at radius 3 is 2.24 bits per heavy atom. The van der Waals surface area contributed by atoms with Gasteiger partial charge in [-0.25, -0.2) is 0 Å². The molecule has 0 atom stereocenters. The molecule has 1 N–H and O–H groups in total. The van der Waals surface area contributed by atoms with Crippen molar-refractivity contribution >= 4 is 17.7 Å². The van der Waals surface area contributed by atoms with Gasteiger partial charge in [-0.05, 0) is 25.2 Å². The molecule has 0 saturated heterocycles. The molecule has 1 aliphatic heterocycles. The molecule has 0 fully saturated rings. The molecule has 1 aromatic rings. The first-order valence-corrected chi connectivity index (χ1v) is 8.60. The summed E-state index contributed by atoms with van der Waals surface area (Å²) >= 11 is 0. The van der Waals surface area contributed by atoms with Crippen LogP contribution >= 0.6 is 0 Å². The van der Waals surface area contributed by atoms with Crippen LogP contribution < -0.4 is 5.32 Å². The zero-order valence-corrected chi connectivity index (χ0v) is 14.8. The maximum Gasteiger partial charge on any atom is 0.262 e. The van der Waals surface area contributed by atoms with E-state index in [1.54, 1.807) is 24.3 Å². The van der Waals surface area contributed by atoms with E-state index in [1.165, 1.54) is 0 Å². The van der Waals surface area contributed by atoms with E-state index < -0.39 is 11.8 Å². The van der Waals surface area contributed by atoms with Gasteiger partial charge in [0.2, 0.25) is 5.91 Å². The van der Waals surface area contributed by atoms with Crippen molar-refractivity contribution in [3.05, 3.63) is 35.4 Å². The van der Waals surface area contributed by atoms with Gasteiger partial charge in [0, 0.05) is 13.1 Å². The number of fused-ring (bicyclic) bond motifs is 1. The van der Waals surface area contributed by atoms with Gasteiger partial charge in [0.25, 0.3) is 11.8 Å². The van der Waals surface area contributed by atoms with E-state index in [1.807, 2.05) is 0 Å². The van der Waals surface area contributed by atoms with Crippen LogP contribution in [0.15, 0.2) is 24.3 Å². The first-order chi connectivity index (χ1) is 12.1. The van der Waals surface area contributed by atoms with Crippen molar-refractivity contribution < 1.29 is 19.1 Å². The monoisotopic (exact) mass is 347 g/mol. The Morgan fingerprint density at radius 2 is 1.68 bits per heavy atom. The number of carbonyl (C=O) groups excluding carboxylic acids is 3. The molecule has 1 aliphatic rings. The number of rotatable bonds is 10. The highest BCUT2D eigenvalue weighted by Gasteiger charge is 2.36. The molecular formula is C18H25N3O4. The Kier molecular flexibility index (Phi) is 7.09. The van der Waals surface area contributed by atoms with Crippen molar-refractivity contribution in [1.82, 2.24) is 15.1 Å². The van der Waals surface area contributed by atoms with Gasteiger partial charge < -0.3 is 15.0 Å². The standard InChI is InChI=1S/C18H25N3O4/c1-3-20(4-2)10-12-25-11-9-19-16(22)13-21-17(23)14-7-5-6-8-15(14)18(21)24/h5-8H,3-4,9-13H2,1-2H3,(H,19,22). The number of benzene rings is 1. The molecule has 0 radical (unpaired) electrons. The number of nitrogens with zero attached hydrogens (tertiary/aromatic N) is 2. The molecule has 7 heteroatoms. The third-order valence-corrected chi connectivity index (χ3v) is 4.19. The average Bonchev–Trinajstić information content (AvgIpc) is 2.86. The van der Waals surface area contributed by atoms with E-state index in [4.69, 9.17) is 4.74 Å². The van der Waals surface area contributed by atoms with Crippen LogP contribution in [0.2, 0.25) is 0 Å². The minimum Gasteiger partial charge on any atom is -0.378 e. The van der Waals surface area contributed by atoms with Crippen LogP contribution in [0, 0.1) is 0 Å². The quantitative estimate of drug-likeness (QED) is 0.499. The number of amides is 3. The molecule has 0 unspecified atom stereocenters. The van der Waals surface area contributed by atoms with Gasteiger partial charge in [0.15, 0.2) is 0 Å². The molecule has 0 aliphatic carbocycles. The van der Waals surface area contributed by atoms with Crippen molar-refractivity contribution in [2.24, 2.45) is 0 Å². The van der Waals surface area contributed by atoms with Crippen molar-refractivity contribution in [1.29, 1.82) is 0 Å². The van der Waals surface area contributed by atoms with E-state index in [9.17, 15) is 14.4 Å². The normalized spacial score (nSPS) is 13.5. The Labute approximate surface area is 147 Å². The predicted molar refractivity (Wildman–Crippen MR) is 93.4 cm³/mol. The van der Waals surface area contributed by atoms with Gasteiger partial charge in [-0.15, -0.1) is 0 Å². The molecule has 1 aromatic carbocycles. The molecule has 3 amide bonds. The third-order valence-electron chi connectivity index (χ3n) is 4.19.